The third kappa shape index (κ3) is 4.60. The van der Waals surface area contributed by atoms with E-state index in [-0.39, 0.29) is 29.6 Å². The summed E-state index contributed by atoms with van der Waals surface area (Å²) in [5.74, 6) is -0.664. The summed E-state index contributed by atoms with van der Waals surface area (Å²) in [5.41, 5.74) is 1.57. The van der Waals surface area contributed by atoms with Gasteiger partial charge in [-0.25, -0.2) is 4.39 Å². The first-order valence-corrected chi connectivity index (χ1v) is 7.33. The van der Waals surface area contributed by atoms with E-state index < -0.39 is 4.92 Å². The second kappa shape index (κ2) is 7.65. The van der Waals surface area contributed by atoms with Crippen molar-refractivity contribution >= 4 is 17.3 Å². The van der Waals surface area contributed by atoms with Crippen LogP contribution in [-0.4, -0.2) is 29.3 Å². The Hall–Kier alpha value is -2.80. The van der Waals surface area contributed by atoms with Gasteiger partial charge < -0.3 is 5.32 Å². The number of para-hydroxylation sites is 1. The Morgan fingerprint density at radius 1 is 1.25 bits per heavy atom. The normalized spacial score (nSPS) is 10.7. The summed E-state index contributed by atoms with van der Waals surface area (Å²) < 4.78 is 12.9. The van der Waals surface area contributed by atoms with Crippen molar-refractivity contribution in [3.05, 3.63) is 69.5 Å². The van der Waals surface area contributed by atoms with Gasteiger partial charge in [0.25, 0.3) is 5.69 Å². The van der Waals surface area contributed by atoms with E-state index in [1.807, 2.05) is 0 Å². The predicted molar refractivity (Wildman–Crippen MR) is 89.2 cm³/mol. The molecule has 1 amide bonds. The first-order valence-electron chi connectivity index (χ1n) is 7.33. The molecule has 0 aliphatic carbocycles. The maximum absolute atomic E-state index is 12.9. The van der Waals surface area contributed by atoms with E-state index >= 15 is 0 Å². The van der Waals surface area contributed by atoms with Gasteiger partial charge in [-0.3, -0.25) is 19.8 Å². The standard InChI is InChI=1S/C17H18FN3O3/c1-12-4-3-5-15(21(23)24)17(12)19-16(22)11-20(2)10-13-6-8-14(18)9-7-13/h3-9H,10-11H2,1-2H3,(H,19,22). The molecule has 0 saturated heterocycles. The molecule has 0 aliphatic rings. The summed E-state index contributed by atoms with van der Waals surface area (Å²) in [6.45, 7) is 2.22. The molecule has 1 N–H and O–H groups in total. The van der Waals surface area contributed by atoms with E-state index in [2.05, 4.69) is 5.32 Å². The quantitative estimate of drug-likeness (QED) is 0.652. The molecule has 2 rings (SSSR count). The molecule has 7 heteroatoms. The first-order chi connectivity index (χ1) is 11.4. The highest BCUT2D eigenvalue weighted by molar-refractivity contribution is 5.95. The monoisotopic (exact) mass is 331 g/mol. The number of nitro benzene ring substituents is 1. The van der Waals surface area contributed by atoms with Crippen molar-refractivity contribution in [2.75, 3.05) is 18.9 Å². The Morgan fingerprint density at radius 2 is 1.92 bits per heavy atom. The Morgan fingerprint density at radius 3 is 2.54 bits per heavy atom. The SMILES string of the molecule is Cc1cccc([N+](=O)[O-])c1NC(=O)CN(C)Cc1ccc(F)cc1. The largest absolute Gasteiger partial charge is 0.319 e. The third-order valence-electron chi connectivity index (χ3n) is 3.49. The van der Waals surface area contributed by atoms with Crippen LogP contribution >= 0.6 is 0 Å². The molecular formula is C17H18FN3O3. The highest BCUT2D eigenvalue weighted by Gasteiger charge is 2.18. The molecule has 0 aliphatic heterocycles. The van der Waals surface area contributed by atoms with E-state index in [0.717, 1.165) is 5.56 Å². The number of hydrogen-bond acceptors (Lipinski definition) is 4. The number of nitro groups is 1. The van der Waals surface area contributed by atoms with Crippen molar-refractivity contribution in [1.29, 1.82) is 0 Å². The molecule has 2 aromatic carbocycles. The number of aryl methyl sites for hydroxylation is 1. The molecule has 24 heavy (non-hydrogen) atoms. The number of nitrogens with zero attached hydrogens (tertiary/aromatic N) is 2. The summed E-state index contributed by atoms with van der Waals surface area (Å²) in [6, 6.07) is 10.6. The molecule has 0 saturated carbocycles. The third-order valence-corrected chi connectivity index (χ3v) is 3.49. The van der Waals surface area contributed by atoms with Crippen molar-refractivity contribution in [3.8, 4) is 0 Å². The zero-order chi connectivity index (χ0) is 17.7. The molecule has 0 aromatic heterocycles. The van der Waals surface area contributed by atoms with Crippen molar-refractivity contribution in [1.82, 2.24) is 4.90 Å². The number of likely N-dealkylation sites (N-methyl/N-ethyl adjacent to an activating group) is 1. The molecular weight excluding hydrogens is 313 g/mol. The van der Waals surface area contributed by atoms with E-state index in [1.165, 1.54) is 18.2 Å². The van der Waals surface area contributed by atoms with Crippen LogP contribution in [0.15, 0.2) is 42.5 Å². The van der Waals surface area contributed by atoms with Crippen LogP contribution in [-0.2, 0) is 11.3 Å². The predicted octanol–water partition coefficient (Wildman–Crippen LogP) is 3.11. The van der Waals surface area contributed by atoms with Crippen molar-refractivity contribution in [3.63, 3.8) is 0 Å². The molecule has 0 heterocycles. The van der Waals surface area contributed by atoms with Crippen LogP contribution in [0, 0.1) is 22.9 Å². The maximum Gasteiger partial charge on any atom is 0.293 e. The number of amides is 1. The minimum atomic E-state index is -0.523. The Labute approximate surface area is 139 Å². The lowest BCUT2D eigenvalue weighted by Crippen LogP contribution is -2.30. The number of carbonyl (C=O) groups is 1. The van der Waals surface area contributed by atoms with E-state index in [9.17, 15) is 19.3 Å². The lowest BCUT2D eigenvalue weighted by atomic mass is 10.1. The number of anilines is 1. The average Bonchev–Trinajstić information content (AvgIpc) is 2.51. The summed E-state index contributed by atoms with van der Waals surface area (Å²) in [4.78, 5) is 24.4. The fraction of sp³-hybridized carbons (Fsp3) is 0.235. The topological polar surface area (TPSA) is 75.5 Å². The fourth-order valence-electron chi connectivity index (χ4n) is 2.35. The molecule has 0 spiro atoms. The number of hydrogen-bond donors (Lipinski definition) is 1. The maximum atomic E-state index is 12.9. The smallest absolute Gasteiger partial charge is 0.293 e. The van der Waals surface area contributed by atoms with Gasteiger partial charge in [-0.05, 0) is 37.2 Å². The molecule has 6 nitrogen and oxygen atoms in total. The minimum Gasteiger partial charge on any atom is -0.319 e. The van der Waals surface area contributed by atoms with Crippen molar-refractivity contribution in [2.45, 2.75) is 13.5 Å². The lowest BCUT2D eigenvalue weighted by molar-refractivity contribution is -0.384. The van der Waals surface area contributed by atoms with E-state index in [1.54, 1.807) is 43.1 Å². The van der Waals surface area contributed by atoms with Crippen molar-refractivity contribution in [2.24, 2.45) is 0 Å². The zero-order valence-electron chi connectivity index (χ0n) is 13.5. The molecule has 126 valence electrons. The van der Waals surface area contributed by atoms with Gasteiger partial charge in [0, 0.05) is 12.6 Å². The number of nitrogens with one attached hydrogen (secondary N) is 1. The second-order valence-electron chi connectivity index (χ2n) is 5.57. The van der Waals surface area contributed by atoms with Gasteiger partial charge in [-0.2, -0.15) is 0 Å². The lowest BCUT2D eigenvalue weighted by Gasteiger charge is -2.17. The highest BCUT2D eigenvalue weighted by atomic mass is 19.1. The summed E-state index contributed by atoms with van der Waals surface area (Å²) >= 11 is 0. The van der Waals surface area contributed by atoms with Gasteiger partial charge in [0.2, 0.25) is 5.91 Å². The average molecular weight is 331 g/mol. The van der Waals surface area contributed by atoms with E-state index in [0.29, 0.717) is 12.1 Å². The van der Waals surface area contributed by atoms with Gasteiger partial charge in [-0.1, -0.05) is 24.3 Å². The Bertz CT molecular complexity index is 747. The van der Waals surface area contributed by atoms with Gasteiger partial charge in [0.1, 0.15) is 11.5 Å². The van der Waals surface area contributed by atoms with Gasteiger partial charge >= 0.3 is 0 Å². The summed E-state index contributed by atoms with van der Waals surface area (Å²) in [6.07, 6.45) is 0. The highest BCUT2D eigenvalue weighted by Crippen LogP contribution is 2.27. The molecule has 0 fully saturated rings. The van der Waals surface area contributed by atoms with Crippen LogP contribution in [0.5, 0.6) is 0 Å². The molecule has 2 aromatic rings. The van der Waals surface area contributed by atoms with Crippen LogP contribution < -0.4 is 5.32 Å². The Kier molecular flexibility index (Phi) is 5.59. The van der Waals surface area contributed by atoms with Crippen LogP contribution in [0.1, 0.15) is 11.1 Å². The fourth-order valence-corrected chi connectivity index (χ4v) is 2.35. The Balaban J connectivity index is 2.00. The van der Waals surface area contributed by atoms with Gasteiger partial charge in [-0.15, -0.1) is 0 Å². The first kappa shape index (κ1) is 17.6. The van der Waals surface area contributed by atoms with Crippen molar-refractivity contribution < 1.29 is 14.1 Å². The number of carbonyl (C=O) groups excluding carboxylic acids is 1. The van der Waals surface area contributed by atoms with Crippen LogP contribution in [0.3, 0.4) is 0 Å². The molecule has 0 radical (unpaired) electrons. The molecule has 0 unspecified atom stereocenters. The summed E-state index contributed by atoms with van der Waals surface area (Å²) in [5, 5.41) is 13.7. The number of halogens is 1. The van der Waals surface area contributed by atoms with Gasteiger partial charge in [0.05, 0.1) is 11.5 Å². The van der Waals surface area contributed by atoms with Crippen LogP contribution in [0.2, 0.25) is 0 Å². The zero-order valence-corrected chi connectivity index (χ0v) is 13.5. The van der Waals surface area contributed by atoms with Crippen LogP contribution in [0.4, 0.5) is 15.8 Å². The minimum absolute atomic E-state index is 0.0584. The number of benzene rings is 2. The second-order valence-corrected chi connectivity index (χ2v) is 5.57. The molecule has 0 bridgehead atoms. The summed E-state index contributed by atoms with van der Waals surface area (Å²) in [7, 11) is 1.75. The van der Waals surface area contributed by atoms with Crippen LogP contribution in [0.25, 0.3) is 0 Å². The van der Waals surface area contributed by atoms with Gasteiger partial charge in [0.15, 0.2) is 0 Å². The van der Waals surface area contributed by atoms with E-state index in [4.69, 9.17) is 0 Å². The number of rotatable bonds is 6. The molecule has 0 atom stereocenters.